The number of rotatable bonds is 6. The van der Waals surface area contributed by atoms with Gasteiger partial charge in [0, 0.05) is 18.0 Å². The maximum atomic E-state index is 12.1. The molecule has 0 bridgehead atoms. The minimum atomic E-state index is -0.575. The summed E-state index contributed by atoms with van der Waals surface area (Å²) in [4.78, 5) is 16.6. The molecular weight excluding hydrogens is 436 g/mol. The molecule has 1 amide bonds. The number of benzene rings is 3. The van der Waals surface area contributed by atoms with Gasteiger partial charge in [-0.1, -0.05) is 18.2 Å². The number of anilines is 1. The van der Waals surface area contributed by atoms with Crippen LogP contribution in [0.1, 0.15) is 6.92 Å². The van der Waals surface area contributed by atoms with Gasteiger partial charge in [-0.05, 0) is 49.4 Å². The van der Waals surface area contributed by atoms with E-state index in [2.05, 4.69) is 10.3 Å². The van der Waals surface area contributed by atoms with Crippen LogP contribution in [0, 0.1) is 0 Å². The summed E-state index contributed by atoms with van der Waals surface area (Å²) >= 11 is 0. The Balaban J connectivity index is 1.36. The van der Waals surface area contributed by atoms with Crippen molar-refractivity contribution >= 4 is 22.7 Å². The Morgan fingerprint density at radius 3 is 2.47 bits per heavy atom. The lowest BCUT2D eigenvalue weighted by molar-refractivity contribution is 0.165. The number of hydrogen-bond acceptors (Lipinski definition) is 7. The number of nitrogens with zero attached hydrogens (tertiary/aromatic N) is 1. The second kappa shape index (κ2) is 9.58. The van der Waals surface area contributed by atoms with Gasteiger partial charge in [-0.15, -0.1) is 0 Å². The molecule has 8 heteroatoms. The summed E-state index contributed by atoms with van der Waals surface area (Å²) in [6.45, 7) is 3.27. The zero-order chi connectivity index (χ0) is 23.3. The summed E-state index contributed by atoms with van der Waals surface area (Å²) in [5, 5.41) is 3.40. The van der Waals surface area contributed by atoms with Crippen molar-refractivity contribution in [2.75, 3.05) is 25.1 Å². The van der Waals surface area contributed by atoms with Crippen LogP contribution in [-0.4, -0.2) is 30.9 Å². The first-order valence-electron chi connectivity index (χ1n) is 10.9. The van der Waals surface area contributed by atoms with E-state index in [-0.39, 0.29) is 0 Å². The van der Waals surface area contributed by atoms with Crippen molar-refractivity contribution in [1.29, 1.82) is 0 Å². The molecule has 1 aliphatic heterocycles. The molecule has 172 valence electrons. The van der Waals surface area contributed by atoms with Crippen LogP contribution in [0.15, 0.2) is 72.9 Å². The lowest BCUT2D eigenvalue weighted by Gasteiger charge is -2.23. The number of para-hydroxylation sites is 1. The summed E-state index contributed by atoms with van der Waals surface area (Å²) < 4.78 is 28.9. The summed E-state index contributed by atoms with van der Waals surface area (Å²) in [7, 11) is 0. The Bertz CT molecular complexity index is 1310. The van der Waals surface area contributed by atoms with Gasteiger partial charge in [0.1, 0.15) is 30.5 Å². The van der Waals surface area contributed by atoms with Crippen molar-refractivity contribution in [3.63, 3.8) is 0 Å². The molecule has 0 radical (unpaired) electrons. The Labute approximate surface area is 196 Å². The average molecular weight is 458 g/mol. The molecular formula is C26H22N2O6. The van der Waals surface area contributed by atoms with Crippen molar-refractivity contribution in [1.82, 2.24) is 4.98 Å². The highest BCUT2D eigenvalue weighted by atomic mass is 16.6. The quantitative estimate of drug-likeness (QED) is 0.390. The maximum absolute atomic E-state index is 12.1. The highest BCUT2D eigenvalue weighted by Crippen LogP contribution is 2.48. The topological polar surface area (TPSA) is 88.1 Å². The fourth-order valence-electron chi connectivity index (χ4n) is 3.59. The van der Waals surface area contributed by atoms with Gasteiger partial charge in [-0.3, -0.25) is 10.3 Å². The first-order chi connectivity index (χ1) is 16.7. The molecule has 0 saturated carbocycles. The van der Waals surface area contributed by atoms with Crippen LogP contribution in [0.4, 0.5) is 10.5 Å². The van der Waals surface area contributed by atoms with E-state index in [1.807, 2.05) is 19.1 Å². The van der Waals surface area contributed by atoms with Gasteiger partial charge in [0.05, 0.1) is 17.5 Å². The maximum Gasteiger partial charge on any atom is 0.417 e. The van der Waals surface area contributed by atoms with Gasteiger partial charge in [0.15, 0.2) is 11.5 Å². The van der Waals surface area contributed by atoms with E-state index in [4.69, 9.17) is 23.7 Å². The van der Waals surface area contributed by atoms with Crippen LogP contribution < -0.4 is 29.0 Å². The molecule has 1 aromatic heterocycles. The smallest absolute Gasteiger partial charge is 0.417 e. The van der Waals surface area contributed by atoms with E-state index in [0.717, 1.165) is 0 Å². The molecule has 0 spiro atoms. The summed E-state index contributed by atoms with van der Waals surface area (Å²) in [5.41, 5.74) is 1.25. The summed E-state index contributed by atoms with van der Waals surface area (Å²) in [5.74, 6) is 3.30. The average Bonchev–Trinajstić information content (AvgIpc) is 2.86. The molecule has 0 atom stereocenters. The lowest BCUT2D eigenvalue weighted by Crippen LogP contribution is -2.17. The van der Waals surface area contributed by atoms with Crippen LogP contribution in [0.25, 0.3) is 10.9 Å². The van der Waals surface area contributed by atoms with E-state index in [0.29, 0.717) is 70.9 Å². The van der Waals surface area contributed by atoms with Crippen molar-refractivity contribution in [2.45, 2.75) is 6.92 Å². The summed E-state index contributed by atoms with van der Waals surface area (Å²) in [6.07, 6.45) is 1.09. The number of carbonyl (C=O) groups excluding carboxylic acids is 1. The Morgan fingerprint density at radius 2 is 1.71 bits per heavy atom. The predicted octanol–water partition coefficient (Wildman–Crippen LogP) is 5.81. The van der Waals surface area contributed by atoms with Crippen molar-refractivity contribution in [3.05, 3.63) is 72.9 Å². The van der Waals surface area contributed by atoms with Crippen LogP contribution in [0.3, 0.4) is 0 Å². The largest absolute Gasteiger partial charge is 0.490 e. The van der Waals surface area contributed by atoms with Crippen molar-refractivity contribution in [3.8, 4) is 34.5 Å². The molecule has 1 N–H and O–H groups in total. The van der Waals surface area contributed by atoms with Crippen LogP contribution in [0.2, 0.25) is 0 Å². The number of fused-ring (bicyclic) bond motifs is 3. The molecule has 2 heterocycles. The number of amides is 1. The predicted molar refractivity (Wildman–Crippen MR) is 127 cm³/mol. The van der Waals surface area contributed by atoms with Gasteiger partial charge in [-0.2, -0.15) is 0 Å². The number of hydrogen-bond donors (Lipinski definition) is 1. The molecule has 3 aromatic carbocycles. The van der Waals surface area contributed by atoms with E-state index in [9.17, 15) is 4.79 Å². The zero-order valence-electron chi connectivity index (χ0n) is 18.4. The fourth-order valence-corrected chi connectivity index (χ4v) is 3.59. The first-order valence-corrected chi connectivity index (χ1v) is 10.9. The zero-order valence-corrected chi connectivity index (χ0v) is 18.4. The van der Waals surface area contributed by atoms with Crippen LogP contribution in [0.5, 0.6) is 34.5 Å². The molecule has 5 rings (SSSR count). The van der Waals surface area contributed by atoms with Gasteiger partial charge in [-0.25, -0.2) is 4.79 Å². The standard InChI is InChI=1S/C26H22N2O6/c1-2-30-22-16-20-23(25-24(22)31-14-15-32-25)21(12-13-27-20)33-19-10-8-17(9-11-19)28-26(29)34-18-6-4-3-5-7-18/h3-13,16H,2,14-15H2,1H3,(H,28,29). The van der Waals surface area contributed by atoms with Crippen molar-refractivity contribution in [2.24, 2.45) is 0 Å². The highest BCUT2D eigenvalue weighted by Gasteiger charge is 2.24. The van der Waals surface area contributed by atoms with Gasteiger partial charge < -0.3 is 23.7 Å². The molecule has 4 aromatic rings. The number of pyridine rings is 1. The third-order valence-electron chi connectivity index (χ3n) is 5.03. The lowest BCUT2D eigenvalue weighted by atomic mass is 10.1. The minimum absolute atomic E-state index is 0.422. The first kappa shape index (κ1) is 21.4. The van der Waals surface area contributed by atoms with Crippen LogP contribution in [-0.2, 0) is 0 Å². The molecule has 0 aliphatic carbocycles. The van der Waals surface area contributed by atoms with Crippen LogP contribution >= 0.6 is 0 Å². The third-order valence-corrected chi connectivity index (χ3v) is 5.03. The monoisotopic (exact) mass is 458 g/mol. The number of carbonyl (C=O) groups is 1. The molecule has 1 aliphatic rings. The molecule has 8 nitrogen and oxygen atoms in total. The fraction of sp³-hybridized carbons (Fsp3) is 0.154. The van der Waals surface area contributed by atoms with E-state index < -0.39 is 6.09 Å². The van der Waals surface area contributed by atoms with Gasteiger partial charge >= 0.3 is 6.09 Å². The molecule has 34 heavy (non-hydrogen) atoms. The molecule has 0 fully saturated rings. The highest BCUT2D eigenvalue weighted by molar-refractivity contribution is 5.95. The second-order valence-corrected chi connectivity index (χ2v) is 7.32. The number of nitrogens with one attached hydrogen (secondary N) is 1. The van der Waals surface area contributed by atoms with E-state index in [1.54, 1.807) is 60.8 Å². The van der Waals surface area contributed by atoms with Gasteiger partial charge in [0.25, 0.3) is 0 Å². The molecule has 0 saturated heterocycles. The second-order valence-electron chi connectivity index (χ2n) is 7.32. The van der Waals surface area contributed by atoms with E-state index in [1.165, 1.54) is 0 Å². The molecule has 0 unspecified atom stereocenters. The number of aromatic nitrogens is 1. The minimum Gasteiger partial charge on any atom is -0.490 e. The van der Waals surface area contributed by atoms with Crippen molar-refractivity contribution < 1.29 is 28.5 Å². The third kappa shape index (κ3) is 4.52. The normalized spacial score (nSPS) is 12.1. The summed E-state index contributed by atoms with van der Waals surface area (Å²) in [6, 6.07) is 19.4. The Hall–Kier alpha value is -4.46. The van der Waals surface area contributed by atoms with Gasteiger partial charge in [0.2, 0.25) is 5.75 Å². The number of ether oxygens (including phenoxy) is 5. The Kier molecular flexibility index (Phi) is 6.03. The SMILES string of the molecule is CCOc1cc2nccc(Oc3ccc(NC(=O)Oc4ccccc4)cc3)c2c2c1OCCO2. The van der Waals surface area contributed by atoms with E-state index >= 15 is 0 Å². The Morgan fingerprint density at radius 1 is 0.941 bits per heavy atom.